The van der Waals surface area contributed by atoms with Gasteiger partial charge in [-0.25, -0.2) is 9.37 Å². The Balaban J connectivity index is 1.63. The summed E-state index contributed by atoms with van der Waals surface area (Å²) in [7, 11) is 0. The zero-order valence-corrected chi connectivity index (χ0v) is 19.4. The Bertz CT molecular complexity index is 1200. The number of hydrogen-bond donors (Lipinski definition) is 1. The molecule has 9 heteroatoms. The quantitative estimate of drug-likeness (QED) is 0.403. The summed E-state index contributed by atoms with van der Waals surface area (Å²) in [6.45, 7) is 5.71. The molecule has 0 saturated carbocycles. The van der Waals surface area contributed by atoms with Gasteiger partial charge in [0.15, 0.2) is 0 Å². The number of ether oxygens (including phenoxy) is 1. The predicted octanol–water partition coefficient (Wildman–Crippen LogP) is 6.46. The molecule has 0 radical (unpaired) electrons. The molecule has 2 heterocycles. The lowest BCUT2D eigenvalue weighted by Gasteiger charge is -2.22. The highest BCUT2D eigenvalue weighted by atomic mass is 35.5. The van der Waals surface area contributed by atoms with Crippen LogP contribution in [0.4, 0.5) is 24.7 Å². The topological polar surface area (TPSA) is 54.5 Å². The van der Waals surface area contributed by atoms with Gasteiger partial charge >= 0.3 is 5.57 Å². The SMILES string of the molecule is Cc1ccc(F)cc1-c1cc(C(=O)Nc2ccc(OC(F)(F)Cl)cc2)cnc1N1CC[C@@H](C)C1. The van der Waals surface area contributed by atoms with Gasteiger partial charge in [-0.2, -0.15) is 0 Å². The van der Waals surface area contributed by atoms with E-state index in [1.165, 1.54) is 42.6 Å². The van der Waals surface area contributed by atoms with Crippen molar-refractivity contribution in [2.24, 2.45) is 5.92 Å². The van der Waals surface area contributed by atoms with E-state index >= 15 is 0 Å². The van der Waals surface area contributed by atoms with Crippen LogP contribution in [0.2, 0.25) is 0 Å². The number of nitrogens with one attached hydrogen (secondary N) is 1. The number of halogens is 4. The van der Waals surface area contributed by atoms with Crippen LogP contribution in [0.5, 0.6) is 5.75 Å². The van der Waals surface area contributed by atoms with Crippen LogP contribution in [0, 0.1) is 18.7 Å². The van der Waals surface area contributed by atoms with Gasteiger partial charge in [-0.15, -0.1) is 8.78 Å². The van der Waals surface area contributed by atoms with Crippen LogP contribution in [-0.4, -0.2) is 29.5 Å². The molecule has 1 fully saturated rings. The Morgan fingerprint density at radius 2 is 1.91 bits per heavy atom. The van der Waals surface area contributed by atoms with Crippen LogP contribution >= 0.6 is 11.6 Å². The molecular weight excluding hydrogens is 467 g/mol. The zero-order chi connectivity index (χ0) is 24.5. The van der Waals surface area contributed by atoms with Crippen molar-refractivity contribution in [2.75, 3.05) is 23.3 Å². The van der Waals surface area contributed by atoms with E-state index in [1.807, 2.05) is 6.92 Å². The summed E-state index contributed by atoms with van der Waals surface area (Å²) in [5, 5.41) is 2.71. The second-order valence-corrected chi connectivity index (χ2v) is 8.86. The molecule has 1 aliphatic heterocycles. The molecule has 1 aliphatic rings. The summed E-state index contributed by atoms with van der Waals surface area (Å²) in [6, 6.07) is 11.6. The fourth-order valence-electron chi connectivity index (χ4n) is 3.99. The van der Waals surface area contributed by atoms with E-state index < -0.39 is 11.5 Å². The van der Waals surface area contributed by atoms with Gasteiger partial charge in [-0.3, -0.25) is 4.79 Å². The number of alkyl halides is 3. The Labute approximate surface area is 200 Å². The molecule has 1 amide bonds. The molecule has 2 aromatic carbocycles. The standard InChI is InChI=1S/C25H23ClF3N3O2/c1-15-9-10-32(14-15)23-22(21-12-18(27)4-3-16(21)2)11-17(13-30-23)24(33)31-19-5-7-20(8-6-19)34-25(26,28)29/h3-8,11-13,15H,9-10,14H2,1-2H3,(H,31,33)/t15-/m1/s1. The van der Waals surface area contributed by atoms with Crippen molar-refractivity contribution < 1.29 is 22.7 Å². The Morgan fingerprint density at radius 3 is 2.56 bits per heavy atom. The van der Waals surface area contributed by atoms with Crippen LogP contribution in [0.25, 0.3) is 11.1 Å². The number of aromatic nitrogens is 1. The van der Waals surface area contributed by atoms with E-state index in [9.17, 15) is 18.0 Å². The fraction of sp³-hybridized carbons (Fsp3) is 0.280. The first-order valence-corrected chi connectivity index (χ1v) is 11.2. The molecule has 1 atom stereocenters. The third-order valence-electron chi connectivity index (χ3n) is 5.69. The number of aryl methyl sites for hydroxylation is 1. The smallest absolute Gasteiger partial charge is 0.420 e. The normalized spacial score (nSPS) is 15.9. The van der Waals surface area contributed by atoms with E-state index in [1.54, 1.807) is 12.1 Å². The Hall–Kier alpha value is -3.26. The van der Waals surface area contributed by atoms with Crippen molar-refractivity contribution in [1.29, 1.82) is 0 Å². The second-order valence-electron chi connectivity index (χ2n) is 8.42. The van der Waals surface area contributed by atoms with Crippen LogP contribution in [0.15, 0.2) is 54.7 Å². The maximum atomic E-state index is 14.1. The number of nitrogens with zero attached hydrogens (tertiary/aromatic N) is 2. The van der Waals surface area contributed by atoms with Crippen molar-refractivity contribution in [3.05, 3.63) is 71.7 Å². The second kappa shape index (κ2) is 9.54. The summed E-state index contributed by atoms with van der Waals surface area (Å²) < 4.78 is 43.9. The number of amides is 1. The number of rotatable bonds is 6. The van der Waals surface area contributed by atoms with Gasteiger partial charge in [0.1, 0.15) is 17.4 Å². The molecule has 4 rings (SSSR count). The summed E-state index contributed by atoms with van der Waals surface area (Å²) >= 11 is 4.77. The molecule has 3 aromatic rings. The number of anilines is 2. The highest BCUT2D eigenvalue weighted by Crippen LogP contribution is 2.35. The Morgan fingerprint density at radius 1 is 1.18 bits per heavy atom. The number of carbonyl (C=O) groups is 1. The highest BCUT2D eigenvalue weighted by molar-refractivity contribution is 6.20. The monoisotopic (exact) mass is 489 g/mol. The third kappa shape index (κ3) is 5.62. The molecule has 0 aliphatic carbocycles. The lowest BCUT2D eigenvalue weighted by Crippen LogP contribution is -2.22. The number of carbonyl (C=O) groups excluding carboxylic acids is 1. The van der Waals surface area contributed by atoms with Crippen molar-refractivity contribution in [1.82, 2.24) is 4.98 Å². The average Bonchev–Trinajstić information content (AvgIpc) is 3.21. The molecule has 5 nitrogen and oxygen atoms in total. The van der Waals surface area contributed by atoms with Crippen molar-refractivity contribution in [3.8, 4) is 16.9 Å². The van der Waals surface area contributed by atoms with Gasteiger partial charge in [-0.05, 0) is 72.9 Å². The van der Waals surface area contributed by atoms with Crippen LogP contribution in [-0.2, 0) is 0 Å². The minimum absolute atomic E-state index is 0.146. The first kappa shape index (κ1) is 23.9. The molecular formula is C25H23ClF3N3O2. The summed E-state index contributed by atoms with van der Waals surface area (Å²) in [6.07, 6.45) is 2.51. The minimum Gasteiger partial charge on any atom is -0.420 e. The van der Waals surface area contributed by atoms with Gasteiger partial charge in [-0.1, -0.05) is 13.0 Å². The van der Waals surface area contributed by atoms with Gasteiger partial charge in [0.2, 0.25) is 0 Å². The van der Waals surface area contributed by atoms with Gasteiger partial charge in [0.05, 0.1) is 5.56 Å². The molecule has 0 spiro atoms. The maximum Gasteiger partial charge on any atom is 0.487 e. The summed E-state index contributed by atoms with van der Waals surface area (Å²) in [5.41, 5.74) is -0.969. The molecule has 1 aromatic heterocycles. The first-order valence-electron chi connectivity index (χ1n) is 10.8. The van der Waals surface area contributed by atoms with E-state index in [2.05, 4.69) is 26.9 Å². The average molecular weight is 490 g/mol. The summed E-state index contributed by atoms with van der Waals surface area (Å²) in [5.74, 6) is 0.254. The molecule has 1 N–H and O–H groups in total. The van der Waals surface area contributed by atoms with Gasteiger partial charge in [0, 0.05) is 42.1 Å². The largest absolute Gasteiger partial charge is 0.487 e. The summed E-state index contributed by atoms with van der Waals surface area (Å²) in [4.78, 5) is 19.7. The molecule has 34 heavy (non-hydrogen) atoms. The minimum atomic E-state index is -3.82. The number of pyridine rings is 1. The van der Waals surface area contributed by atoms with Crippen molar-refractivity contribution >= 4 is 29.0 Å². The zero-order valence-electron chi connectivity index (χ0n) is 18.6. The molecule has 178 valence electrons. The lowest BCUT2D eigenvalue weighted by molar-refractivity contribution is -0.0964. The molecule has 1 saturated heterocycles. The number of benzene rings is 2. The fourth-order valence-corrected chi connectivity index (χ4v) is 4.08. The molecule has 0 bridgehead atoms. The number of hydrogen-bond acceptors (Lipinski definition) is 4. The third-order valence-corrected chi connectivity index (χ3v) is 5.76. The van der Waals surface area contributed by atoms with E-state index in [0.717, 1.165) is 25.1 Å². The highest BCUT2D eigenvalue weighted by Gasteiger charge is 2.27. The van der Waals surface area contributed by atoms with Crippen LogP contribution in [0.1, 0.15) is 29.3 Å². The van der Waals surface area contributed by atoms with Crippen molar-refractivity contribution in [2.45, 2.75) is 25.8 Å². The lowest BCUT2D eigenvalue weighted by atomic mass is 9.99. The molecule has 0 unspecified atom stereocenters. The van der Waals surface area contributed by atoms with E-state index in [-0.39, 0.29) is 17.1 Å². The maximum absolute atomic E-state index is 14.1. The van der Waals surface area contributed by atoms with E-state index in [0.29, 0.717) is 28.6 Å². The van der Waals surface area contributed by atoms with E-state index in [4.69, 9.17) is 11.6 Å². The van der Waals surface area contributed by atoms with Gasteiger partial charge in [0.25, 0.3) is 5.91 Å². The first-order chi connectivity index (χ1) is 16.1. The van der Waals surface area contributed by atoms with Crippen molar-refractivity contribution in [3.63, 3.8) is 0 Å². The van der Waals surface area contributed by atoms with Gasteiger partial charge < -0.3 is 15.0 Å². The Kier molecular flexibility index (Phi) is 6.70. The van der Waals surface area contributed by atoms with Crippen LogP contribution < -0.4 is 15.0 Å². The van der Waals surface area contributed by atoms with Crippen LogP contribution in [0.3, 0.4) is 0 Å². The predicted molar refractivity (Wildman–Crippen MR) is 126 cm³/mol.